The molecule has 1 nitrogen and oxygen atoms in total. The second-order valence-corrected chi connectivity index (χ2v) is 19.9. The molecule has 0 aliphatic heterocycles. The van der Waals surface area contributed by atoms with E-state index in [-0.39, 0.29) is 0 Å². The van der Waals surface area contributed by atoms with Crippen molar-refractivity contribution in [3.05, 3.63) is 256 Å². The van der Waals surface area contributed by atoms with Gasteiger partial charge in [0.15, 0.2) is 7.14 Å². The van der Waals surface area contributed by atoms with E-state index in [1.165, 1.54) is 89.0 Å². The zero-order valence-corrected chi connectivity index (χ0v) is 34.3. The molecule has 2 spiro atoms. The van der Waals surface area contributed by atoms with Crippen molar-refractivity contribution in [1.29, 1.82) is 0 Å². The van der Waals surface area contributed by atoms with Crippen LogP contribution >= 0.6 is 7.14 Å². The van der Waals surface area contributed by atoms with Crippen molar-refractivity contribution in [1.82, 2.24) is 0 Å². The van der Waals surface area contributed by atoms with E-state index in [9.17, 15) is 0 Å². The molecule has 13 rings (SSSR count). The fourth-order valence-electron chi connectivity index (χ4n) is 12.0. The molecule has 0 atom stereocenters. The molecule has 0 N–H and O–H groups in total. The third-order valence-electron chi connectivity index (χ3n) is 14.4. The summed E-state index contributed by atoms with van der Waals surface area (Å²) in [4.78, 5) is 0. The number of aryl methyl sites for hydroxylation is 2. The van der Waals surface area contributed by atoms with Crippen LogP contribution < -0.4 is 15.9 Å². The average Bonchev–Trinajstić information content (AvgIpc) is 3.98. The quantitative estimate of drug-likeness (QED) is 0.163. The van der Waals surface area contributed by atoms with E-state index < -0.39 is 18.0 Å². The molecule has 2 heteroatoms. The van der Waals surface area contributed by atoms with Crippen LogP contribution in [0.3, 0.4) is 0 Å². The van der Waals surface area contributed by atoms with Crippen molar-refractivity contribution in [2.45, 2.75) is 24.7 Å². The van der Waals surface area contributed by atoms with E-state index in [4.69, 9.17) is 0 Å². The van der Waals surface area contributed by atoms with Gasteiger partial charge in [0.05, 0.1) is 10.8 Å². The molecule has 282 valence electrons. The van der Waals surface area contributed by atoms with E-state index >= 15 is 4.57 Å². The monoisotopic (exact) mass is 782 g/mol. The fraction of sp³-hybridized carbons (Fsp3) is 0.0690. The third kappa shape index (κ3) is 3.98. The van der Waals surface area contributed by atoms with Gasteiger partial charge in [-0.05, 0) is 127 Å². The van der Waals surface area contributed by atoms with Crippen LogP contribution in [0.2, 0.25) is 0 Å². The molecule has 0 amide bonds. The molecule has 9 aromatic carbocycles. The molecule has 9 aromatic rings. The Morgan fingerprint density at radius 1 is 0.317 bits per heavy atom. The fourth-order valence-corrected chi connectivity index (χ4v) is 15.0. The lowest BCUT2D eigenvalue weighted by Gasteiger charge is -2.32. The molecule has 4 aliphatic carbocycles. The average molecular weight is 783 g/mol. The highest BCUT2D eigenvalue weighted by molar-refractivity contribution is 7.85. The summed E-state index contributed by atoms with van der Waals surface area (Å²) in [6.07, 6.45) is 0. The Balaban J connectivity index is 1.12. The Kier molecular flexibility index (Phi) is 6.77. The molecule has 0 fully saturated rings. The van der Waals surface area contributed by atoms with Crippen LogP contribution in [-0.2, 0) is 15.4 Å². The first-order chi connectivity index (χ1) is 29.5. The van der Waals surface area contributed by atoms with Crippen molar-refractivity contribution in [2.24, 2.45) is 0 Å². The maximum Gasteiger partial charge on any atom is 0.171 e. The van der Waals surface area contributed by atoms with Gasteiger partial charge in [-0.25, -0.2) is 0 Å². The highest BCUT2D eigenvalue weighted by Gasteiger charge is 2.54. The molecule has 0 aromatic heterocycles. The molecule has 0 bridgehead atoms. The molecule has 60 heavy (non-hydrogen) atoms. The van der Waals surface area contributed by atoms with E-state index in [1.807, 2.05) is 0 Å². The van der Waals surface area contributed by atoms with E-state index in [1.54, 1.807) is 0 Å². The number of hydrogen-bond acceptors (Lipinski definition) is 1. The van der Waals surface area contributed by atoms with Gasteiger partial charge in [-0.3, -0.25) is 0 Å². The normalized spacial score (nSPS) is 14.8. The van der Waals surface area contributed by atoms with Crippen LogP contribution in [0.1, 0.15) is 55.6 Å². The molecule has 0 unspecified atom stereocenters. The Morgan fingerprint density at radius 2 is 0.617 bits per heavy atom. The number of fused-ring (bicyclic) bond motifs is 20. The van der Waals surface area contributed by atoms with Crippen LogP contribution in [-0.4, -0.2) is 0 Å². The van der Waals surface area contributed by atoms with Crippen LogP contribution in [0.5, 0.6) is 0 Å². The van der Waals surface area contributed by atoms with Gasteiger partial charge in [0.1, 0.15) is 0 Å². The summed E-state index contributed by atoms with van der Waals surface area (Å²) in [7, 11) is -3.55. The lowest BCUT2D eigenvalue weighted by molar-refractivity contribution is 0.592. The van der Waals surface area contributed by atoms with E-state index in [0.717, 1.165) is 27.0 Å². The van der Waals surface area contributed by atoms with Crippen molar-refractivity contribution >= 4 is 23.1 Å². The van der Waals surface area contributed by atoms with Gasteiger partial charge in [0.2, 0.25) is 0 Å². The summed E-state index contributed by atoms with van der Waals surface area (Å²) >= 11 is 0. The number of benzene rings is 9. The third-order valence-corrected chi connectivity index (χ3v) is 17.6. The minimum atomic E-state index is -3.55. The summed E-state index contributed by atoms with van der Waals surface area (Å²) in [6, 6.07) is 73.5. The Labute approximate surface area is 351 Å². The number of rotatable bonds is 3. The predicted molar refractivity (Wildman–Crippen MR) is 248 cm³/mol. The first-order valence-corrected chi connectivity index (χ1v) is 22.7. The van der Waals surface area contributed by atoms with Crippen molar-refractivity contribution in [3.63, 3.8) is 0 Å². The highest BCUT2D eigenvalue weighted by Crippen LogP contribution is 2.65. The van der Waals surface area contributed by atoms with Gasteiger partial charge < -0.3 is 4.57 Å². The smallest absolute Gasteiger partial charge is 0.171 e. The number of hydrogen-bond donors (Lipinski definition) is 0. The summed E-state index contributed by atoms with van der Waals surface area (Å²) in [5.41, 5.74) is 21.1. The Hall–Kier alpha value is -6.79. The van der Waals surface area contributed by atoms with Crippen LogP contribution in [0.25, 0.3) is 44.5 Å². The molecular weight excluding hydrogens is 744 g/mol. The zero-order chi connectivity index (χ0) is 40.0. The summed E-state index contributed by atoms with van der Waals surface area (Å²) < 4.78 is 17.3. The van der Waals surface area contributed by atoms with Gasteiger partial charge in [0.25, 0.3) is 0 Å². The highest BCUT2D eigenvalue weighted by atomic mass is 31.2. The SMILES string of the molecule is Cc1ccc(C)c(P(=O)(c2ccc3c(c2)C2(c4ccccc4-c4ccccc42)c2ccccc2-3)c2ccc3c(c2)C2(c4ccccc4-c4ccccc42)c2ccccc2-3)c1. The summed E-state index contributed by atoms with van der Waals surface area (Å²) in [6.45, 7) is 4.25. The predicted octanol–water partition coefficient (Wildman–Crippen LogP) is 12.6. The van der Waals surface area contributed by atoms with Gasteiger partial charge in [-0.1, -0.05) is 188 Å². The second kappa shape index (κ2) is 11.9. The summed E-state index contributed by atoms with van der Waals surface area (Å²) in [5.74, 6) is 0. The van der Waals surface area contributed by atoms with Gasteiger partial charge in [-0.15, -0.1) is 0 Å². The molecular formula is C58H39OP. The van der Waals surface area contributed by atoms with Crippen molar-refractivity contribution in [3.8, 4) is 44.5 Å². The van der Waals surface area contributed by atoms with Crippen molar-refractivity contribution < 1.29 is 4.57 Å². The topological polar surface area (TPSA) is 17.1 Å². The zero-order valence-electron chi connectivity index (χ0n) is 33.4. The minimum Gasteiger partial charge on any atom is -0.309 e. The van der Waals surface area contributed by atoms with Crippen LogP contribution in [0, 0.1) is 13.8 Å². The van der Waals surface area contributed by atoms with E-state index in [0.29, 0.717) is 0 Å². The van der Waals surface area contributed by atoms with Gasteiger partial charge in [-0.2, -0.15) is 0 Å². The Bertz CT molecular complexity index is 3080. The standard InChI is InChI=1S/C58H39OP/c1-36-27-28-37(2)56(33-36)60(59,38-29-31-46-44-19-7-13-25-52(44)57(54(46)34-38)48-21-9-3-15-40(48)41-16-4-10-22-49(41)57)39-30-32-47-45-20-8-14-26-53(45)58(55(47)35-39)50-23-11-5-17-42(50)43-18-6-12-24-51(43)58/h3-35H,1-2H3. The first kappa shape index (κ1) is 34.1. The lowest BCUT2D eigenvalue weighted by atomic mass is 9.70. The lowest BCUT2D eigenvalue weighted by Crippen LogP contribution is -2.31. The molecule has 0 saturated heterocycles. The van der Waals surface area contributed by atoms with Gasteiger partial charge in [0, 0.05) is 15.9 Å². The van der Waals surface area contributed by atoms with Gasteiger partial charge >= 0.3 is 0 Å². The maximum absolute atomic E-state index is 17.3. The molecule has 0 saturated carbocycles. The van der Waals surface area contributed by atoms with Crippen LogP contribution in [0.4, 0.5) is 0 Å². The maximum atomic E-state index is 17.3. The summed E-state index contributed by atoms with van der Waals surface area (Å²) in [5, 5.41) is 2.62. The molecule has 4 aliphatic rings. The molecule has 0 heterocycles. The first-order valence-electron chi connectivity index (χ1n) is 21.0. The van der Waals surface area contributed by atoms with E-state index in [2.05, 4.69) is 214 Å². The largest absolute Gasteiger partial charge is 0.309 e. The minimum absolute atomic E-state index is 0.539. The Morgan fingerprint density at radius 3 is 0.950 bits per heavy atom. The second-order valence-electron chi connectivity index (χ2n) is 17.1. The molecule has 0 radical (unpaired) electrons. The van der Waals surface area contributed by atoms with Crippen LogP contribution in [0.15, 0.2) is 200 Å². The van der Waals surface area contributed by atoms with Crippen molar-refractivity contribution in [2.75, 3.05) is 0 Å².